The molecule has 7 aliphatic rings. The Hall–Kier alpha value is -2.45. The molecule has 1 aromatic rings. The molecule has 0 spiro atoms. The smallest absolute Gasteiger partial charge is 0.442 e. The average Bonchev–Trinajstić information content (AvgIpc) is 3.48. The molecule has 1 amide bonds. The maximum Gasteiger partial charge on any atom is 0.442 e. The minimum absolute atomic E-state index is 0.0158. The number of amides is 1. The number of nitrogens with zero attached hydrogens (tertiary/aromatic N) is 2. The van der Waals surface area contributed by atoms with Gasteiger partial charge in [-0.1, -0.05) is 24.3 Å². The maximum atomic E-state index is 13.0. The molecule has 6 aliphatic carbocycles. The standard InChI is InChI=1S/C19H14F3N3O3/c20-19(21,22)18(24-25-18)7-3-1-6(2-4-7)5-23-14(26)16-8-11-9(16)13-10(16)12(8)17(11,13)15(27)28/h1-4,8-13H,5H2,(H,23,26)(H,27,28). The second-order valence-electron chi connectivity index (χ2n) is 9.08. The van der Waals surface area contributed by atoms with Gasteiger partial charge in [-0.2, -0.15) is 13.2 Å². The number of alkyl halides is 3. The summed E-state index contributed by atoms with van der Waals surface area (Å²) in [6.45, 7) is 0.240. The molecule has 6 fully saturated rings. The van der Waals surface area contributed by atoms with Gasteiger partial charge in [0.2, 0.25) is 5.91 Å². The van der Waals surface area contributed by atoms with E-state index in [9.17, 15) is 27.9 Å². The maximum absolute atomic E-state index is 13.0. The zero-order chi connectivity index (χ0) is 19.4. The summed E-state index contributed by atoms with van der Waals surface area (Å²) in [6, 6.07) is 5.78. The van der Waals surface area contributed by atoms with E-state index >= 15 is 0 Å². The fraction of sp³-hybridized carbons (Fsp3) is 0.579. The Morgan fingerprint density at radius 3 is 1.89 bits per heavy atom. The predicted molar refractivity (Wildman–Crippen MR) is 84.3 cm³/mol. The molecule has 0 radical (unpaired) electrons. The van der Waals surface area contributed by atoms with Crippen LogP contribution in [0.1, 0.15) is 11.1 Å². The first kappa shape index (κ1) is 15.5. The number of carboxylic acids is 1. The second-order valence-corrected chi connectivity index (χ2v) is 9.08. The molecule has 1 heterocycles. The van der Waals surface area contributed by atoms with Gasteiger partial charge in [0.15, 0.2) is 0 Å². The van der Waals surface area contributed by atoms with Crippen molar-refractivity contribution in [2.45, 2.75) is 18.4 Å². The van der Waals surface area contributed by atoms with Crippen molar-refractivity contribution in [3.63, 3.8) is 0 Å². The van der Waals surface area contributed by atoms with E-state index in [2.05, 4.69) is 15.5 Å². The van der Waals surface area contributed by atoms with Crippen LogP contribution in [0, 0.1) is 46.3 Å². The van der Waals surface area contributed by atoms with Crippen LogP contribution in [-0.2, 0) is 21.8 Å². The first-order valence-electron chi connectivity index (χ1n) is 9.36. The van der Waals surface area contributed by atoms with E-state index in [1.807, 2.05) is 0 Å². The topological polar surface area (TPSA) is 91.1 Å². The van der Waals surface area contributed by atoms with Crippen molar-refractivity contribution in [1.29, 1.82) is 0 Å². The number of carbonyl (C=O) groups excluding carboxylic acids is 1. The summed E-state index contributed by atoms with van der Waals surface area (Å²) >= 11 is 0. The molecular formula is C19H14F3N3O3. The van der Waals surface area contributed by atoms with Gasteiger partial charge in [-0.15, -0.1) is 10.2 Å². The van der Waals surface area contributed by atoms with Gasteiger partial charge >= 0.3 is 17.8 Å². The van der Waals surface area contributed by atoms with E-state index in [0.29, 0.717) is 5.56 Å². The van der Waals surface area contributed by atoms with Crippen LogP contribution in [0.3, 0.4) is 0 Å². The monoisotopic (exact) mass is 389 g/mol. The Balaban J connectivity index is 1.03. The number of nitrogens with one attached hydrogen (secondary N) is 1. The lowest BCUT2D eigenvalue weighted by Gasteiger charge is -3.09. The SMILES string of the molecule is O=C(O)C12C3C4C1C1C2C3C41C(=O)NCc1ccc(C2(C(F)(F)F)N=N2)cc1. The molecule has 28 heavy (non-hydrogen) atoms. The molecule has 144 valence electrons. The highest BCUT2D eigenvalue weighted by Gasteiger charge is 3.13. The number of carbonyl (C=O) groups is 2. The number of carboxylic acid groups (broad SMARTS) is 1. The molecule has 0 saturated heterocycles. The van der Waals surface area contributed by atoms with E-state index in [1.165, 1.54) is 12.1 Å². The van der Waals surface area contributed by atoms with E-state index in [-0.39, 0.29) is 58.9 Å². The van der Waals surface area contributed by atoms with E-state index in [4.69, 9.17) is 0 Å². The first-order valence-corrected chi connectivity index (χ1v) is 9.36. The summed E-state index contributed by atoms with van der Waals surface area (Å²) in [5.41, 5.74) is -2.59. The molecule has 9 heteroatoms. The highest BCUT2D eigenvalue weighted by molar-refractivity contribution is 5.98. The third-order valence-corrected chi connectivity index (χ3v) is 8.90. The summed E-state index contributed by atoms with van der Waals surface area (Å²) < 4.78 is 39.1. The lowest BCUT2D eigenvalue weighted by molar-refractivity contribution is -0.626. The van der Waals surface area contributed by atoms with Crippen LogP contribution in [0.15, 0.2) is 34.5 Å². The van der Waals surface area contributed by atoms with Crippen LogP contribution in [0.5, 0.6) is 0 Å². The minimum Gasteiger partial charge on any atom is -0.481 e. The summed E-state index contributed by atoms with van der Waals surface area (Å²) in [4.78, 5) is 24.4. The van der Waals surface area contributed by atoms with Gasteiger partial charge in [0.05, 0.1) is 10.8 Å². The van der Waals surface area contributed by atoms with Crippen LogP contribution >= 0.6 is 0 Å². The van der Waals surface area contributed by atoms with Gasteiger partial charge < -0.3 is 10.4 Å². The molecule has 0 aromatic heterocycles. The minimum atomic E-state index is -4.55. The number of hydrogen-bond donors (Lipinski definition) is 2. The van der Waals surface area contributed by atoms with Crippen LogP contribution < -0.4 is 5.32 Å². The van der Waals surface area contributed by atoms with E-state index in [0.717, 1.165) is 0 Å². The fourth-order valence-corrected chi connectivity index (χ4v) is 8.04. The molecule has 6 saturated carbocycles. The van der Waals surface area contributed by atoms with Crippen molar-refractivity contribution in [3.05, 3.63) is 35.4 Å². The van der Waals surface area contributed by atoms with Gasteiger partial charge in [-0.3, -0.25) is 9.59 Å². The van der Waals surface area contributed by atoms with Gasteiger partial charge in [-0.05, 0) is 41.1 Å². The largest absolute Gasteiger partial charge is 0.481 e. The lowest BCUT2D eigenvalue weighted by atomic mass is 8.92. The predicted octanol–water partition coefficient (Wildman–Crippen LogP) is 2.31. The number of hydrogen-bond acceptors (Lipinski definition) is 4. The van der Waals surface area contributed by atoms with Gasteiger partial charge in [0, 0.05) is 12.1 Å². The highest BCUT2D eigenvalue weighted by Crippen LogP contribution is 3.10. The number of benzene rings is 1. The Labute approximate surface area is 156 Å². The number of aliphatic carboxylic acids is 1. The molecule has 2 N–H and O–H groups in total. The molecule has 0 unspecified atom stereocenters. The molecule has 1 aliphatic heterocycles. The number of rotatable bonds is 5. The van der Waals surface area contributed by atoms with Crippen molar-refractivity contribution >= 4 is 11.9 Å². The van der Waals surface area contributed by atoms with Gasteiger partial charge in [0.1, 0.15) is 0 Å². The molecule has 0 atom stereocenters. The Bertz CT molecular complexity index is 972. The average molecular weight is 389 g/mol. The van der Waals surface area contributed by atoms with Crippen molar-refractivity contribution in [3.8, 4) is 0 Å². The highest BCUT2D eigenvalue weighted by atomic mass is 19.4. The van der Waals surface area contributed by atoms with Crippen molar-refractivity contribution in [2.75, 3.05) is 0 Å². The third-order valence-electron chi connectivity index (χ3n) is 8.90. The lowest BCUT2D eigenvalue weighted by Crippen LogP contribution is -3.12. The van der Waals surface area contributed by atoms with Crippen LogP contribution in [0.4, 0.5) is 13.2 Å². The van der Waals surface area contributed by atoms with E-state index in [1.54, 1.807) is 12.1 Å². The Kier molecular flexibility index (Phi) is 2.12. The molecule has 6 nitrogen and oxygen atoms in total. The quantitative estimate of drug-likeness (QED) is 0.810. The van der Waals surface area contributed by atoms with Crippen molar-refractivity contribution in [1.82, 2.24) is 5.32 Å². The number of halogens is 3. The van der Waals surface area contributed by atoms with E-state index < -0.39 is 23.2 Å². The van der Waals surface area contributed by atoms with Crippen LogP contribution in [0.2, 0.25) is 0 Å². The Morgan fingerprint density at radius 1 is 0.964 bits per heavy atom. The molecule has 0 bridgehead atoms. The summed E-state index contributed by atoms with van der Waals surface area (Å²) in [6.07, 6.45) is -4.55. The normalized spacial score (nSPS) is 48.1. The Morgan fingerprint density at radius 2 is 1.46 bits per heavy atom. The third kappa shape index (κ3) is 1.10. The first-order chi connectivity index (χ1) is 13.2. The van der Waals surface area contributed by atoms with Crippen LogP contribution in [-0.4, -0.2) is 23.2 Å². The summed E-state index contributed by atoms with van der Waals surface area (Å²) in [7, 11) is 0. The second kappa shape index (κ2) is 3.84. The fourth-order valence-electron chi connectivity index (χ4n) is 8.04. The molecular weight excluding hydrogens is 375 g/mol. The zero-order valence-corrected chi connectivity index (χ0v) is 14.3. The van der Waals surface area contributed by atoms with Crippen molar-refractivity contribution < 1.29 is 27.9 Å². The zero-order valence-electron chi connectivity index (χ0n) is 14.3. The van der Waals surface area contributed by atoms with Crippen LogP contribution in [0.25, 0.3) is 0 Å². The van der Waals surface area contributed by atoms with Gasteiger partial charge in [0.25, 0.3) is 0 Å². The van der Waals surface area contributed by atoms with Gasteiger partial charge in [-0.25, -0.2) is 0 Å². The summed E-state index contributed by atoms with van der Waals surface area (Å²) in [5, 5.41) is 18.8. The molecule has 1 aromatic carbocycles. The molecule has 8 rings (SSSR count). The summed E-state index contributed by atoms with van der Waals surface area (Å²) in [5.74, 6) is 0.579. The van der Waals surface area contributed by atoms with Crippen molar-refractivity contribution in [2.24, 2.45) is 56.6 Å².